The van der Waals surface area contributed by atoms with Gasteiger partial charge in [-0.15, -0.1) is 14.0 Å². The summed E-state index contributed by atoms with van der Waals surface area (Å²) in [6.07, 6.45) is 0. The van der Waals surface area contributed by atoms with Crippen LogP contribution in [0.1, 0.15) is 34.6 Å². The van der Waals surface area contributed by atoms with Crippen LogP contribution in [0.2, 0.25) is 5.02 Å². The number of guanidine groups is 1. The Morgan fingerprint density at radius 1 is 0.818 bits per heavy atom. The van der Waals surface area contributed by atoms with E-state index >= 15 is 0 Å². The van der Waals surface area contributed by atoms with Gasteiger partial charge in [-0.25, -0.2) is 5.01 Å². The fourth-order valence-electron chi connectivity index (χ4n) is 3.82. The molecule has 0 saturated heterocycles. The summed E-state index contributed by atoms with van der Waals surface area (Å²) in [5, 5.41) is 6.99. The summed E-state index contributed by atoms with van der Waals surface area (Å²) in [7, 11) is 11.2. The second-order valence-electron chi connectivity index (χ2n) is 8.43. The Balaban J connectivity index is -0.000000510. The molecule has 6 nitrogen and oxygen atoms in total. The van der Waals surface area contributed by atoms with Crippen molar-refractivity contribution >= 4 is 38.0 Å². The molecule has 0 amide bonds. The van der Waals surface area contributed by atoms with Crippen molar-refractivity contribution in [3.05, 3.63) is 42.6 Å². The fourth-order valence-corrected chi connectivity index (χ4v) is 4.16. The molecular formula is C24H38ClFeN4O2P. The number of nitrogens with zero attached hydrogens (tertiary/aromatic N) is 4. The zero-order valence-corrected chi connectivity index (χ0v) is 24.0. The van der Waals surface area contributed by atoms with E-state index in [4.69, 9.17) is 20.9 Å². The number of rotatable bonds is 3. The van der Waals surface area contributed by atoms with Crippen molar-refractivity contribution < 1.29 is 26.4 Å². The summed E-state index contributed by atoms with van der Waals surface area (Å²) >= 11 is 5.87. The van der Waals surface area contributed by atoms with Crippen LogP contribution in [-0.2, 0) is 26.4 Å². The van der Waals surface area contributed by atoms with E-state index in [2.05, 4.69) is 61.9 Å². The van der Waals surface area contributed by atoms with Gasteiger partial charge in [-0.1, -0.05) is 46.2 Å². The van der Waals surface area contributed by atoms with Gasteiger partial charge in [0.05, 0.1) is 5.69 Å². The van der Waals surface area contributed by atoms with E-state index < -0.39 is 0 Å². The molecule has 1 saturated carbocycles. The average Bonchev–Trinajstić information content (AvgIpc) is 2.95. The Morgan fingerprint density at radius 2 is 1.12 bits per heavy atom. The topological polar surface area (TPSA) is 61.9 Å². The minimum absolute atomic E-state index is 0. The summed E-state index contributed by atoms with van der Waals surface area (Å²) in [5.74, 6) is 7.23. The quantitative estimate of drug-likeness (QED) is 0.0968. The molecule has 9 heteroatoms. The third kappa shape index (κ3) is 11.6. The monoisotopic (exact) mass is 536 g/mol. The predicted molar refractivity (Wildman–Crippen MR) is 137 cm³/mol. The number of hydrazone groups is 1. The fraction of sp³-hybridized carbons (Fsp3) is 0.583. The summed E-state index contributed by atoms with van der Waals surface area (Å²) in [6.45, 7) is 21.0. The first-order chi connectivity index (χ1) is 15.0. The second kappa shape index (κ2) is 19.1. The zero-order chi connectivity index (χ0) is 25.6. The Kier molecular flexibility index (Phi) is 21.0. The van der Waals surface area contributed by atoms with Crippen LogP contribution < -0.4 is 5.01 Å². The van der Waals surface area contributed by atoms with Gasteiger partial charge in [0.1, 0.15) is 0 Å². The molecule has 1 aliphatic rings. The number of anilines is 1. The van der Waals surface area contributed by atoms with E-state index in [1.165, 1.54) is 0 Å². The third-order valence-corrected chi connectivity index (χ3v) is 6.85. The maximum atomic E-state index is 7.50. The Labute approximate surface area is 218 Å². The van der Waals surface area contributed by atoms with Gasteiger partial charge in [0.2, 0.25) is 5.96 Å². The molecule has 1 aromatic rings. The molecule has 0 atom stereocenters. The molecule has 0 N–H and O–H groups in total. The van der Waals surface area contributed by atoms with Crippen LogP contribution in [0.15, 0.2) is 29.4 Å². The van der Waals surface area contributed by atoms with Gasteiger partial charge >= 0.3 is 22.6 Å². The van der Waals surface area contributed by atoms with E-state index in [1.807, 2.05) is 62.3 Å². The molecule has 0 aliphatic heterocycles. The molecule has 0 aromatic heterocycles. The summed E-state index contributed by atoms with van der Waals surface area (Å²) in [4.78, 5) is 3.89. The number of hydrogen-bond donors (Lipinski definition) is 0. The second-order valence-corrected chi connectivity index (χ2v) is 9.13. The van der Waals surface area contributed by atoms with Crippen molar-refractivity contribution in [1.29, 1.82) is 0 Å². The largest absolute Gasteiger partial charge is 0 e. The maximum absolute atomic E-state index is 7.50. The Morgan fingerprint density at radius 3 is 1.36 bits per heavy atom. The van der Waals surface area contributed by atoms with Crippen LogP contribution in [0, 0.1) is 42.9 Å². The Hall–Kier alpha value is -1.25. The van der Waals surface area contributed by atoms with Crippen molar-refractivity contribution in [2.45, 2.75) is 34.6 Å². The standard InChI is InChI=1S/C12H18ClN4P.C10H20.2CO.Fe/c1-15(2)12(16(3)4)14-17(9-18)11-7-5-10(13)6-8-11;1-6-7(2)9(4)10(5)8(6)3;2*1-2;/h5-9,18H,1-4H3;6-10H,1-5H3;;;. The molecule has 0 unspecified atom stereocenters. The van der Waals surface area contributed by atoms with Crippen LogP contribution >= 0.6 is 20.5 Å². The molecule has 0 spiro atoms. The molecule has 1 aromatic carbocycles. The van der Waals surface area contributed by atoms with Gasteiger partial charge < -0.3 is 9.80 Å². The minimum Gasteiger partial charge on any atom is 0 e. The molecule has 0 bridgehead atoms. The first-order valence-electron chi connectivity index (χ1n) is 10.4. The first-order valence-corrected chi connectivity index (χ1v) is 11.4. The maximum Gasteiger partial charge on any atom is 0 e. The molecule has 186 valence electrons. The van der Waals surface area contributed by atoms with Gasteiger partial charge in [-0.05, 0) is 53.9 Å². The molecular weight excluding hydrogens is 499 g/mol. The normalized spacial score (nSPS) is 22.2. The van der Waals surface area contributed by atoms with Crippen molar-refractivity contribution in [2.75, 3.05) is 33.2 Å². The van der Waals surface area contributed by atoms with Crippen molar-refractivity contribution in [3.8, 4) is 0 Å². The summed E-state index contributed by atoms with van der Waals surface area (Å²) in [5.41, 5.74) is 0.926. The third-order valence-electron chi connectivity index (χ3n) is 6.36. The van der Waals surface area contributed by atoms with E-state index in [-0.39, 0.29) is 17.1 Å². The van der Waals surface area contributed by atoms with E-state index in [0.29, 0.717) is 5.02 Å². The van der Waals surface area contributed by atoms with Crippen molar-refractivity contribution in [1.82, 2.24) is 9.80 Å². The van der Waals surface area contributed by atoms with Gasteiger partial charge in [0.25, 0.3) is 0 Å². The number of hydrogen-bond acceptors (Lipinski definition) is 1. The SMILES string of the molecule is CC1C(C)C(C)C(C)C1C.CN(C)C(=NN(C=P)c1ccc(Cl)cc1)N(C)C.[C-]#[O+].[C-]#[O+].[Fe]. The molecule has 1 aliphatic carbocycles. The molecule has 1 fully saturated rings. The van der Waals surface area contributed by atoms with Crippen LogP contribution in [-0.4, -0.2) is 49.9 Å². The van der Waals surface area contributed by atoms with Crippen LogP contribution in [0.5, 0.6) is 0 Å². The molecule has 33 heavy (non-hydrogen) atoms. The van der Waals surface area contributed by atoms with Gasteiger partial charge in [0, 0.05) is 56.2 Å². The van der Waals surface area contributed by atoms with E-state index in [9.17, 15) is 0 Å². The smallest absolute Gasteiger partial charge is 0 e. The molecule has 2 rings (SSSR count). The Bertz CT molecular complexity index is 680. The minimum atomic E-state index is 0. The van der Waals surface area contributed by atoms with Gasteiger partial charge in [-0.3, -0.25) is 0 Å². The predicted octanol–water partition coefficient (Wildman–Crippen LogP) is 5.55. The molecule has 0 heterocycles. The molecule has 0 radical (unpaired) electrons. The van der Waals surface area contributed by atoms with Gasteiger partial charge in [0.15, 0.2) is 0 Å². The van der Waals surface area contributed by atoms with Crippen LogP contribution in [0.4, 0.5) is 5.69 Å². The summed E-state index contributed by atoms with van der Waals surface area (Å²) in [6, 6.07) is 7.48. The summed E-state index contributed by atoms with van der Waals surface area (Å²) < 4.78 is 15.0. The average molecular weight is 537 g/mol. The van der Waals surface area contributed by atoms with Gasteiger partial charge in [-0.2, -0.15) is 0 Å². The zero-order valence-electron chi connectivity index (χ0n) is 21.1. The number of halogens is 1. The first kappa shape index (κ1) is 36.3. The number of benzene rings is 1. The van der Waals surface area contributed by atoms with Crippen LogP contribution in [0.25, 0.3) is 0 Å². The van der Waals surface area contributed by atoms with Crippen LogP contribution in [0.3, 0.4) is 0 Å². The van der Waals surface area contributed by atoms with Crippen molar-refractivity contribution in [3.63, 3.8) is 0 Å². The van der Waals surface area contributed by atoms with Crippen molar-refractivity contribution in [2.24, 2.45) is 34.7 Å². The van der Waals surface area contributed by atoms with E-state index in [0.717, 1.165) is 41.2 Å². The van der Waals surface area contributed by atoms with E-state index in [1.54, 1.807) is 10.9 Å².